The summed E-state index contributed by atoms with van der Waals surface area (Å²) >= 11 is 1.25. The van der Waals surface area contributed by atoms with Crippen LogP contribution in [0.25, 0.3) is 11.5 Å². The Morgan fingerprint density at radius 2 is 2.05 bits per heavy atom. The molecular formula is C15H17NO5S. The van der Waals surface area contributed by atoms with E-state index in [0.29, 0.717) is 23.0 Å². The third-order valence-corrected chi connectivity index (χ3v) is 4.68. The van der Waals surface area contributed by atoms with E-state index >= 15 is 0 Å². The molecule has 0 radical (unpaired) electrons. The molecule has 1 saturated heterocycles. The van der Waals surface area contributed by atoms with E-state index in [1.807, 2.05) is 13.0 Å². The highest BCUT2D eigenvalue weighted by Gasteiger charge is 2.39. The van der Waals surface area contributed by atoms with Gasteiger partial charge in [-0.3, -0.25) is 0 Å². The Balaban J connectivity index is 1.84. The first-order valence-corrected chi connectivity index (χ1v) is 7.95. The van der Waals surface area contributed by atoms with Gasteiger partial charge in [0.1, 0.15) is 23.7 Å². The molecule has 0 amide bonds. The van der Waals surface area contributed by atoms with Crippen molar-refractivity contribution in [2.45, 2.75) is 30.7 Å². The van der Waals surface area contributed by atoms with Gasteiger partial charge >= 0.3 is 0 Å². The quantitative estimate of drug-likeness (QED) is 0.780. The second-order valence-electron chi connectivity index (χ2n) is 5.13. The molecule has 0 bridgehead atoms. The zero-order chi connectivity index (χ0) is 15.7. The fourth-order valence-corrected chi connectivity index (χ4v) is 3.35. The summed E-state index contributed by atoms with van der Waals surface area (Å²) in [5.41, 5.74) is -0.151. The maximum atomic E-state index is 10.0. The molecule has 0 unspecified atom stereocenters. The predicted molar refractivity (Wildman–Crippen MR) is 81.6 cm³/mol. The number of furan rings is 1. The molecule has 4 atom stereocenters. The van der Waals surface area contributed by atoms with Crippen molar-refractivity contribution in [2.75, 3.05) is 5.75 Å². The summed E-state index contributed by atoms with van der Waals surface area (Å²) < 4.78 is 11.4. The third-order valence-electron chi connectivity index (χ3n) is 3.44. The number of nitrogens with zero attached hydrogens (tertiary/aromatic N) is 1. The molecule has 6 nitrogen and oxygen atoms in total. The molecule has 7 heteroatoms. The van der Waals surface area contributed by atoms with Gasteiger partial charge in [0.05, 0.1) is 6.10 Å². The van der Waals surface area contributed by atoms with E-state index in [1.165, 1.54) is 11.8 Å². The molecule has 1 fully saturated rings. The van der Waals surface area contributed by atoms with Gasteiger partial charge in [0, 0.05) is 11.9 Å². The highest BCUT2D eigenvalue weighted by atomic mass is 32.2. The molecule has 22 heavy (non-hydrogen) atoms. The average Bonchev–Trinajstić information content (AvgIpc) is 2.95. The van der Waals surface area contributed by atoms with Crippen LogP contribution in [0, 0.1) is 6.92 Å². The molecule has 2 aromatic rings. The minimum Gasteiger partial charge on any atom is -0.475 e. The summed E-state index contributed by atoms with van der Waals surface area (Å²) in [5, 5.41) is 29.3. The third kappa shape index (κ3) is 2.98. The van der Waals surface area contributed by atoms with Crippen LogP contribution in [0.5, 0.6) is 5.75 Å². The molecule has 0 aliphatic carbocycles. The molecule has 1 aliphatic rings. The lowest BCUT2D eigenvalue weighted by atomic mass is 10.1. The number of aromatic nitrogens is 1. The number of hydrogen-bond donors (Lipinski definition) is 3. The Kier molecular flexibility index (Phi) is 4.39. The lowest BCUT2D eigenvalue weighted by molar-refractivity contribution is -0.0785. The summed E-state index contributed by atoms with van der Waals surface area (Å²) in [6, 6.07) is 7.08. The number of rotatable bonds is 3. The minimum absolute atomic E-state index is 0.290. The topological polar surface area (TPSA) is 96.0 Å². The van der Waals surface area contributed by atoms with E-state index in [1.54, 1.807) is 24.4 Å². The van der Waals surface area contributed by atoms with Gasteiger partial charge in [-0.25, -0.2) is 4.98 Å². The van der Waals surface area contributed by atoms with Gasteiger partial charge in [-0.05, 0) is 31.2 Å². The van der Waals surface area contributed by atoms with Crippen molar-refractivity contribution < 1.29 is 24.5 Å². The number of pyridine rings is 1. The smallest absolute Gasteiger partial charge is 0.173 e. The van der Waals surface area contributed by atoms with E-state index < -0.39 is 23.7 Å². The normalized spacial score (nSPS) is 28.5. The lowest BCUT2D eigenvalue weighted by Crippen LogP contribution is -2.50. The maximum Gasteiger partial charge on any atom is 0.173 e. The fourth-order valence-electron chi connectivity index (χ4n) is 2.24. The first-order chi connectivity index (χ1) is 10.6. The van der Waals surface area contributed by atoms with Crippen molar-refractivity contribution in [3.8, 4) is 17.2 Å². The van der Waals surface area contributed by atoms with Gasteiger partial charge in [0.2, 0.25) is 0 Å². The van der Waals surface area contributed by atoms with Crippen molar-refractivity contribution in [3.05, 3.63) is 36.2 Å². The second-order valence-corrected chi connectivity index (χ2v) is 6.26. The summed E-state index contributed by atoms with van der Waals surface area (Å²) in [6.45, 7) is 1.84. The van der Waals surface area contributed by atoms with Crippen molar-refractivity contribution in [3.63, 3.8) is 0 Å². The van der Waals surface area contributed by atoms with Gasteiger partial charge in [0.25, 0.3) is 0 Å². The van der Waals surface area contributed by atoms with E-state index in [2.05, 4.69) is 4.98 Å². The minimum atomic E-state index is -1.22. The molecular weight excluding hydrogens is 306 g/mol. The monoisotopic (exact) mass is 323 g/mol. The van der Waals surface area contributed by atoms with Crippen molar-refractivity contribution in [1.82, 2.24) is 4.98 Å². The predicted octanol–water partition coefficient (Wildman–Crippen LogP) is 1.18. The Bertz CT molecular complexity index is 646. The van der Waals surface area contributed by atoms with Crippen LogP contribution >= 0.6 is 11.8 Å². The van der Waals surface area contributed by atoms with Gasteiger partial charge in [-0.2, -0.15) is 0 Å². The maximum absolute atomic E-state index is 10.0. The SMILES string of the molecule is Cc1ccc(-c2ncccc2O[C@@H]2SC[C@@H](O)[C@H](O)[C@H]2O)o1. The second kappa shape index (κ2) is 6.29. The first-order valence-electron chi connectivity index (χ1n) is 6.90. The standard InChI is InChI=1S/C15H17NO5S/c1-8-4-5-11(20-8)12-10(3-2-6-16-12)21-15-14(19)13(18)9(17)7-22-15/h2-6,9,13-15,17-19H,7H2,1H3/t9-,13+,14-,15-/m1/s1. The van der Waals surface area contributed by atoms with Crippen molar-refractivity contribution in [1.29, 1.82) is 0 Å². The number of aliphatic hydroxyl groups excluding tert-OH is 3. The average molecular weight is 323 g/mol. The van der Waals surface area contributed by atoms with E-state index in [0.717, 1.165) is 5.76 Å². The van der Waals surface area contributed by atoms with Crippen LogP contribution in [0.3, 0.4) is 0 Å². The number of hydrogen-bond acceptors (Lipinski definition) is 7. The van der Waals surface area contributed by atoms with E-state index in [4.69, 9.17) is 9.15 Å². The Morgan fingerprint density at radius 3 is 2.77 bits per heavy atom. The largest absolute Gasteiger partial charge is 0.475 e. The van der Waals surface area contributed by atoms with Crippen LogP contribution in [-0.4, -0.2) is 49.8 Å². The highest BCUT2D eigenvalue weighted by molar-refractivity contribution is 7.99. The van der Waals surface area contributed by atoms with E-state index in [-0.39, 0.29) is 0 Å². The molecule has 3 heterocycles. The van der Waals surface area contributed by atoms with Crippen molar-refractivity contribution in [2.24, 2.45) is 0 Å². The van der Waals surface area contributed by atoms with Crippen LogP contribution in [0.4, 0.5) is 0 Å². The zero-order valence-electron chi connectivity index (χ0n) is 11.9. The van der Waals surface area contributed by atoms with Gasteiger partial charge < -0.3 is 24.5 Å². The van der Waals surface area contributed by atoms with Crippen LogP contribution < -0.4 is 4.74 Å². The Labute approximate surface area is 131 Å². The fraction of sp³-hybridized carbons (Fsp3) is 0.400. The summed E-state index contributed by atoms with van der Waals surface area (Å²) in [6.07, 6.45) is -1.73. The molecule has 1 aliphatic heterocycles. The first kappa shape index (κ1) is 15.4. The molecule has 0 spiro atoms. The Hall–Kier alpha value is -1.54. The molecule has 0 saturated carbocycles. The molecule has 0 aromatic carbocycles. The van der Waals surface area contributed by atoms with Crippen LogP contribution in [0.2, 0.25) is 0 Å². The number of ether oxygens (including phenoxy) is 1. The zero-order valence-corrected chi connectivity index (χ0v) is 12.7. The van der Waals surface area contributed by atoms with Gasteiger partial charge in [-0.1, -0.05) is 0 Å². The van der Waals surface area contributed by atoms with Crippen molar-refractivity contribution >= 4 is 11.8 Å². The lowest BCUT2D eigenvalue weighted by Gasteiger charge is -2.34. The van der Waals surface area contributed by atoms with Gasteiger partial charge in [-0.15, -0.1) is 11.8 Å². The molecule has 118 valence electrons. The van der Waals surface area contributed by atoms with Gasteiger partial charge in [0.15, 0.2) is 16.9 Å². The van der Waals surface area contributed by atoms with Crippen LogP contribution in [0.1, 0.15) is 5.76 Å². The highest BCUT2D eigenvalue weighted by Crippen LogP contribution is 2.34. The summed E-state index contributed by atoms with van der Waals surface area (Å²) in [5.74, 6) is 2.08. The van der Waals surface area contributed by atoms with Crippen LogP contribution in [0.15, 0.2) is 34.9 Å². The Morgan fingerprint density at radius 1 is 1.23 bits per heavy atom. The summed E-state index contributed by atoms with van der Waals surface area (Å²) in [7, 11) is 0. The molecule has 3 N–H and O–H groups in total. The number of thioether (sulfide) groups is 1. The molecule has 2 aromatic heterocycles. The summed E-state index contributed by atoms with van der Waals surface area (Å²) in [4.78, 5) is 4.27. The van der Waals surface area contributed by atoms with Crippen LogP contribution in [-0.2, 0) is 0 Å². The number of aryl methyl sites for hydroxylation is 1. The molecule has 3 rings (SSSR count). The number of aliphatic hydroxyl groups is 3. The van der Waals surface area contributed by atoms with E-state index in [9.17, 15) is 15.3 Å².